The Hall–Kier alpha value is 1.29. The Labute approximate surface area is 80.7 Å². The number of alkyl halides is 2. The number of hydrogen-bond acceptors (Lipinski definition) is 1. The average molecular weight is 353 g/mol. The van der Waals surface area contributed by atoms with Crippen molar-refractivity contribution in [2.75, 3.05) is 4.43 Å². The molecule has 0 saturated carbocycles. The largest absolute Gasteiger partial charge is 0.304 e. The van der Waals surface area contributed by atoms with E-state index in [0.29, 0.717) is 3.42 Å². The zero-order valence-electron chi connectivity index (χ0n) is 5.82. The average Bonchev–Trinajstić information content (AvgIpc) is 1.89. The number of hydrogen-bond donors (Lipinski definition) is 1. The summed E-state index contributed by atoms with van der Waals surface area (Å²) in [6.45, 7) is 4.55. The third-order valence-corrected chi connectivity index (χ3v) is 7.49. The second-order valence-electron chi connectivity index (χ2n) is 2.14. The van der Waals surface area contributed by atoms with Crippen LogP contribution in [-0.2, 0) is 0 Å². The van der Waals surface area contributed by atoms with Crippen molar-refractivity contribution < 1.29 is 0 Å². The van der Waals surface area contributed by atoms with Crippen LogP contribution in [0.25, 0.3) is 0 Å². The number of nitrogens with two attached hydrogens (primary N) is 1. The van der Waals surface area contributed by atoms with E-state index in [-0.39, 0.29) is 20.7 Å². The molecule has 0 aliphatic rings. The lowest BCUT2D eigenvalue weighted by Crippen LogP contribution is -2.17. The molecule has 0 rings (SSSR count). The van der Waals surface area contributed by atoms with Crippen molar-refractivity contribution in [1.82, 2.24) is 0 Å². The van der Waals surface area contributed by atoms with Gasteiger partial charge in [0.2, 0.25) is 0 Å². The Morgan fingerprint density at radius 2 is 2.33 bits per heavy atom. The van der Waals surface area contributed by atoms with Crippen LogP contribution in [0.15, 0.2) is 0 Å². The smallest absolute Gasteiger partial charge is 0.0242 e. The lowest BCUT2D eigenvalue weighted by molar-refractivity contribution is 0.739. The molecule has 0 aliphatic heterocycles. The van der Waals surface area contributed by atoms with Gasteiger partial charge in [0.05, 0.1) is 0 Å². The Balaban J connectivity index is 3.92. The molecule has 1 unspecified atom stereocenters. The van der Waals surface area contributed by atoms with Gasteiger partial charge in [-0.1, -0.05) is 36.4 Å². The number of halogens is 2. The highest BCUT2D eigenvalue weighted by Gasteiger charge is 2.16. The maximum absolute atomic E-state index is 5.39. The fourth-order valence-electron chi connectivity index (χ4n) is 0.353. The highest BCUT2D eigenvalue weighted by molar-refractivity contribution is 14.2. The lowest BCUT2D eigenvalue weighted by Gasteiger charge is -2.18. The molecule has 9 heavy (non-hydrogen) atoms. The van der Waals surface area contributed by atoms with E-state index in [1.54, 1.807) is 0 Å². The van der Waals surface area contributed by atoms with Crippen LogP contribution >= 0.6 is 43.3 Å². The standard InChI is InChI=1S/C6H13I2N/c1-3-6(2,4-7)8-5-9/h5H,3-4,9H2,1-2H3. The summed E-state index contributed by atoms with van der Waals surface area (Å²) in [5.41, 5.74) is 5.39. The first-order chi connectivity index (χ1) is 4.18. The fourth-order valence-corrected chi connectivity index (χ4v) is 3.48. The van der Waals surface area contributed by atoms with E-state index < -0.39 is 0 Å². The molecule has 1 nitrogen and oxygen atoms in total. The third kappa shape index (κ3) is 3.87. The highest BCUT2D eigenvalue weighted by Crippen LogP contribution is 2.28. The third-order valence-electron chi connectivity index (χ3n) is 1.34. The summed E-state index contributed by atoms with van der Waals surface area (Å²) in [6.07, 6.45) is 1.26. The van der Waals surface area contributed by atoms with E-state index >= 15 is 0 Å². The maximum Gasteiger partial charge on any atom is 0.0242 e. The van der Waals surface area contributed by atoms with Crippen molar-refractivity contribution >= 4 is 47.5 Å². The topological polar surface area (TPSA) is 26.0 Å². The molecular formula is C6H13I2N. The van der Waals surface area contributed by atoms with Crippen LogP contribution in [0.1, 0.15) is 20.3 Å². The summed E-state index contributed by atoms with van der Waals surface area (Å²) < 4.78 is 3.66. The summed E-state index contributed by atoms with van der Waals surface area (Å²) in [6, 6.07) is 0. The Morgan fingerprint density at radius 3 is 2.44 bits per heavy atom. The minimum Gasteiger partial charge on any atom is -0.304 e. The van der Waals surface area contributed by atoms with Crippen LogP contribution < -0.4 is 5.73 Å². The van der Waals surface area contributed by atoms with Gasteiger partial charge >= 0.3 is 0 Å². The molecule has 2 N–H and O–H groups in total. The molecule has 0 heterocycles. The summed E-state index contributed by atoms with van der Waals surface area (Å²) in [7, 11) is 0. The van der Waals surface area contributed by atoms with E-state index in [1.807, 2.05) is 4.14 Å². The van der Waals surface area contributed by atoms with Crippen molar-refractivity contribution in [2.24, 2.45) is 5.73 Å². The molecule has 0 aromatic carbocycles. The van der Waals surface area contributed by atoms with Crippen LogP contribution in [0.4, 0.5) is 0 Å². The lowest BCUT2D eigenvalue weighted by atomic mass is 10.2. The highest BCUT2D eigenvalue weighted by atomic mass is 127. The van der Waals surface area contributed by atoms with Crippen LogP contribution in [0.5, 0.6) is 0 Å². The molecule has 3 heteroatoms. The summed E-state index contributed by atoms with van der Waals surface area (Å²) in [5.74, 6) is 0. The van der Waals surface area contributed by atoms with Gasteiger partial charge in [0.1, 0.15) is 0 Å². The predicted octanol–water partition coefficient (Wildman–Crippen LogP) is 2.28. The molecule has 0 aromatic rings. The molecular weight excluding hydrogens is 340 g/mol. The SMILES string of the molecule is CCC(C)(CI)I=CN. The van der Waals surface area contributed by atoms with Crippen LogP contribution in [0, 0.1) is 0 Å². The minimum atomic E-state index is 0.124. The first kappa shape index (κ1) is 10.3. The Morgan fingerprint density at radius 1 is 1.78 bits per heavy atom. The summed E-state index contributed by atoms with van der Waals surface area (Å²) in [5, 5.41) is 0. The predicted molar refractivity (Wildman–Crippen MR) is 61.9 cm³/mol. The summed E-state index contributed by atoms with van der Waals surface area (Å²) >= 11 is 2.57. The van der Waals surface area contributed by atoms with Gasteiger partial charge in [0.15, 0.2) is 0 Å². The molecule has 0 fully saturated rings. The van der Waals surface area contributed by atoms with Crippen LogP contribution in [-0.4, -0.2) is 12.0 Å². The van der Waals surface area contributed by atoms with Gasteiger partial charge in [-0.3, -0.25) is 0 Å². The van der Waals surface area contributed by atoms with Crippen molar-refractivity contribution in [3.63, 3.8) is 0 Å². The number of rotatable bonds is 3. The second kappa shape index (κ2) is 5.01. The van der Waals surface area contributed by atoms with Crippen molar-refractivity contribution in [1.29, 1.82) is 0 Å². The van der Waals surface area contributed by atoms with Crippen molar-refractivity contribution in [2.45, 2.75) is 23.7 Å². The monoisotopic (exact) mass is 353 g/mol. The van der Waals surface area contributed by atoms with Gasteiger partial charge in [-0.05, 0) is 6.42 Å². The molecule has 0 radical (unpaired) electrons. The van der Waals surface area contributed by atoms with E-state index in [2.05, 4.69) is 36.4 Å². The Kier molecular flexibility index (Phi) is 5.73. The zero-order valence-corrected chi connectivity index (χ0v) is 10.1. The van der Waals surface area contributed by atoms with Gasteiger partial charge in [-0.15, -0.1) is 20.7 Å². The molecule has 0 saturated heterocycles. The first-order valence-electron chi connectivity index (χ1n) is 2.92. The van der Waals surface area contributed by atoms with E-state index in [1.165, 1.54) is 10.8 Å². The fraction of sp³-hybridized carbons (Fsp3) is 0.833. The minimum absolute atomic E-state index is 0.124. The van der Waals surface area contributed by atoms with E-state index in [4.69, 9.17) is 5.73 Å². The van der Waals surface area contributed by atoms with E-state index in [0.717, 1.165) is 0 Å². The first-order valence-corrected chi connectivity index (χ1v) is 6.77. The van der Waals surface area contributed by atoms with Crippen molar-refractivity contribution in [3.05, 3.63) is 0 Å². The van der Waals surface area contributed by atoms with Crippen LogP contribution in [0.3, 0.4) is 0 Å². The van der Waals surface area contributed by atoms with Gasteiger partial charge in [-0.2, -0.15) is 0 Å². The normalized spacial score (nSPS) is 19.1. The van der Waals surface area contributed by atoms with Gasteiger partial charge in [0, 0.05) is 12.0 Å². The maximum atomic E-state index is 5.39. The van der Waals surface area contributed by atoms with Crippen LogP contribution in [0.2, 0.25) is 0 Å². The molecule has 0 amide bonds. The summed E-state index contributed by atoms with van der Waals surface area (Å²) in [4.78, 5) is 0. The van der Waals surface area contributed by atoms with Gasteiger partial charge in [-0.25, -0.2) is 0 Å². The molecule has 0 spiro atoms. The molecule has 0 bridgehead atoms. The second-order valence-corrected chi connectivity index (χ2v) is 6.84. The molecule has 0 aliphatic carbocycles. The van der Waals surface area contributed by atoms with Gasteiger partial charge in [0.25, 0.3) is 0 Å². The molecule has 56 valence electrons. The molecule has 0 aromatic heterocycles. The van der Waals surface area contributed by atoms with E-state index in [9.17, 15) is 0 Å². The quantitative estimate of drug-likeness (QED) is 0.612. The van der Waals surface area contributed by atoms with Gasteiger partial charge < -0.3 is 5.73 Å². The zero-order chi connectivity index (χ0) is 7.33. The van der Waals surface area contributed by atoms with Crippen molar-refractivity contribution in [3.8, 4) is 0 Å². The Bertz CT molecular complexity index is 97.2. The molecule has 1 atom stereocenters.